The van der Waals surface area contributed by atoms with E-state index in [0.717, 1.165) is 41.9 Å². The molecule has 2 aromatic carbocycles. The molecule has 3 rings (SSSR count). The van der Waals surface area contributed by atoms with E-state index in [1.165, 1.54) is 16.7 Å². The molecule has 0 fully saturated rings. The number of halogens is 1. The van der Waals surface area contributed by atoms with E-state index in [2.05, 4.69) is 64.6 Å². The van der Waals surface area contributed by atoms with Gasteiger partial charge in [0.1, 0.15) is 5.75 Å². The van der Waals surface area contributed by atoms with E-state index >= 15 is 0 Å². The highest BCUT2D eigenvalue weighted by molar-refractivity contribution is 9.10. The normalized spacial score (nSPS) is 12.9. The summed E-state index contributed by atoms with van der Waals surface area (Å²) in [5, 5.41) is 3.48. The molecular formula is C17H18BrNO. The molecule has 20 heavy (non-hydrogen) atoms. The standard InChI is InChI=1S/C17H18BrNO/c1-12-2-4-16(15(18)10-12)19-8-6-13-3-5-17-14(11-13)7-9-20-17/h2-5,10-11,19H,6-9H2,1H3. The van der Waals surface area contributed by atoms with Gasteiger partial charge in [-0.25, -0.2) is 0 Å². The van der Waals surface area contributed by atoms with Gasteiger partial charge in [0.15, 0.2) is 0 Å². The van der Waals surface area contributed by atoms with Gasteiger partial charge in [-0.05, 0) is 64.2 Å². The van der Waals surface area contributed by atoms with Gasteiger partial charge in [0.05, 0.1) is 6.61 Å². The largest absolute Gasteiger partial charge is 0.493 e. The van der Waals surface area contributed by atoms with Crippen LogP contribution in [0, 0.1) is 6.92 Å². The molecule has 0 saturated heterocycles. The summed E-state index contributed by atoms with van der Waals surface area (Å²) < 4.78 is 6.66. The summed E-state index contributed by atoms with van der Waals surface area (Å²) in [5.41, 5.74) is 5.13. The first kappa shape index (κ1) is 13.5. The number of hydrogen-bond donors (Lipinski definition) is 1. The maximum Gasteiger partial charge on any atom is 0.122 e. The van der Waals surface area contributed by atoms with Crippen LogP contribution in [0.15, 0.2) is 40.9 Å². The first-order chi connectivity index (χ1) is 9.72. The summed E-state index contributed by atoms with van der Waals surface area (Å²) in [5.74, 6) is 1.06. The fourth-order valence-corrected chi connectivity index (χ4v) is 3.13. The Morgan fingerprint density at radius 3 is 2.95 bits per heavy atom. The molecule has 104 valence electrons. The van der Waals surface area contributed by atoms with Crippen LogP contribution in [0.1, 0.15) is 16.7 Å². The molecule has 1 aliphatic heterocycles. The second kappa shape index (κ2) is 5.88. The van der Waals surface area contributed by atoms with E-state index in [4.69, 9.17) is 4.74 Å². The van der Waals surface area contributed by atoms with E-state index in [1.54, 1.807) is 0 Å². The zero-order chi connectivity index (χ0) is 13.9. The summed E-state index contributed by atoms with van der Waals surface area (Å²) in [4.78, 5) is 0. The maximum atomic E-state index is 5.53. The highest BCUT2D eigenvalue weighted by Gasteiger charge is 2.11. The molecule has 0 saturated carbocycles. The second-order valence-corrected chi connectivity index (χ2v) is 6.05. The number of nitrogens with one attached hydrogen (secondary N) is 1. The fourth-order valence-electron chi connectivity index (χ4n) is 2.50. The summed E-state index contributed by atoms with van der Waals surface area (Å²) in [6, 6.07) is 12.9. The van der Waals surface area contributed by atoms with Crippen LogP contribution in [0.25, 0.3) is 0 Å². The molecule has 2 aromatic rings. The summed E-state index contributed by atoms with van der Waals surface area (Å²) in [6.45, 7) is 3.86. The van der Waals surface area contributed by atoms with Crippen molar-refractivity contribution in [1.82, 2.24) is 0 Å². The van der Waals surface area contributed by atoms with Crippen molar-refractivity contribution in [1.29, 1.82) is 0 Å². The Morgan fingerprint density at radius 1 is 1.20 bits per heavy atom. The van der Waals surface area contributed by atoms with Gasteiger partial charge in [0.25, 0.3) is 0 Å². The maximum absolute atomic E-state index is 5.53. The molecule has 1 N–H and O–H groups in total. The van der Waals surface area contributed by atoms with Gasteiger partial charge >= 0.3 is 0 Å². The Morgan fingerprint density at radius 2 is 2.10 bits per heavy atom. The smallest absolute Gasteiger partial charge is 0.122 e. The minimum Gasteiger partial charge on any atom is -0.493 e. The minimum absolute atomic E-state index is 0.827. The lowest BCUT2D eigenvalue weighted by molar-refractivity contribution is 0.357. The zero-order valence-corrected chi connectivity index (χ0v) is 13.2. The second-order valence-electron chi connectivity index (χ2n) is 5.20. The number of benzene rings is 2. The first-order valence-corrected chi connectivity index (χ1v) is 7.76. The Balaban J connectivity index is 1.60. The lowest BCUT2D eigenvalue weighted by atomic mass is 10.1. The number of rotatable bonds is 4. The van der Waals surface area contributed by atoms with Crippen LogP contribution < -0.4 is 10.1 Å². The molecular weight excluding hydrogens is 314 g/mol. The fraction of sp³-hybridized carbons (Fsp3) is 0.294. The Kier molecular flexibility index (Phi) is 3.97. The third-order valence-electron chi connectivity index (χ3n) is 3.61. The molecule has 3 heteroatoms. The van der Waals surface area contributed by atoms with Crippen LogP contribution in [0.5, 0.6) is 5.75 Å². The van der Waals surface area contributed by atoms with Gasteiger partial charge in [0, 0.05) is 23.1 Å². The van der Waals surface area contributed by atoms with E-state index < -0.39 is 0 Å². The van der Waals surface area contributed by atoms with Crippen LogP contribution in [-0.2, 0) is 12.8 Å². The molecule has 0 radical (unpaired) electrons. The Hall–Kier alpha value is -1.48. The summed E-state index contributed by atoms with van der Waals surface area (Å²) >= 11 is 3.60. The average molecular weight is 332 g/mol. The van der Waals surface area contributed by atoms with Crippen LogP contribution >= 0.6 is 15.9 Å². The van der Waals surface area contributed by atoms with Crippen molar-refractivity contribution in [2.75, 3.05) is 18.5 Å². The Bertz CT molecular complexity index is 624. The van der Waals surface area contributed by atoms with Crippen molar-refractivity contribution < 1.29 is 4.74 Å². The molecule has 0 atom stereocenters. The van der Waals surface area contributed by atoms with Crippen molar-refractivity contribution in [2.45, 2.75) is 19.8 Å². The molecule has 0 unspecified atom stereocenters. The predicted molar refractivity (Wildman–Crippen MR) is 86.7 cm³/mol. The third kappa shape index (κ3) is 2.98. The monoisotopic (exact) mass is 331 g/mol. The van der Waals surface area contributed by atoms with Gasteiger partial charge in [-0.3, -0.25) is 0 Å². The first-order valence-electron chi connectivity index (χ1n) is 6.97. The number of aryl methyl sites for hydroxylation is 1. The average Bonchev–Trinajstić information content (AvgIpc) is 2.89. The highest BCUT2D eigenvalue weighted by atomic mass is 79.9. The molecule has 0 bridgehead atoms. The van der Waals surface area contributed by atoms with E-state index in [-0.39, 0.29) is 0 Å². The van der Waals surface area contributed by atoms with Crippen LogP contribution in [0.4, 0.5) is 5.69 Å². The van der Waals surface area contributed by atoms with Gasteiger partial charge in [0.2, 0.25) is 0 Å². The third-order valence-corrected chi connectivity index (χ3v) is 4.26. The van der Waals surface area contributed by atoms with Crippen molar-refractivity contribution in [3.63, 3.8) is 0 Å². The minimum atomic E-state index is 0.827. The highest BCUT2D eigenvalue weighted by Crippen LogP contribution is 2.26. The number of anilines is 1. The lowest BCUT2D eigenvalue weighted by Gasteiger charge is -2.10. The molecule has 0 amide bonds. The van der Waals surface area contributed by atoms with E-state index in [0.29, 0.717) is 0 Å². The summed E-state index contributed by atoms with van der Waals surface area (Å²) in [6.07, 6.45) is 2.06. The van der Waals surface area contributed by atoms with Crippen molar-refractivity contribution in [3.05, 3.63) is 57.6 Å². The van der Waals surface area contributed by atoms with Crippen molar-refractivity contribution >= 4 is 21.6 Å². The number of fused-ring (bicyclic) bond motifs is 1. The molecule has 0 aromatic heterocycles. The van der Waals surface area contributed by atoms with Crippen LogP contribution in [0.3, 0.4) is 0 Å². The number of ether oxygens (including phenoxy) is 1. The van der Waals surface area contributed by atoms with Gasteiger partial charge in [-0.1, -0.05) is 18.2 Å². The SMILES string of the molecule is Cc1ccc(NCCc2ccc3c(c2)CCO3)c(Br)c1. The van der Waals surface area contributed by atoms with Gasteiger partial charge in [-0.15, -0.1) is 0 Å². The van der Waals surface area contributed by atoms with Gasteiger partial charge in [-0.2, -0.15) is 0 Å². The quantitative estimate of drug-likeness (QED) is 0.899. The van der Waals surface area contributed by atoms with Crippen molar-refractivity contribution in [2.24, 2.45) is 0 Å². The molecule has 1 aliphatic rings. The van der Waals surface area contributed by atoms with Gasteiger partial charge < -0.3 is 10.1 Å². The molecule has 0 spiro atoms. The molecule has 0 aliphatic carbocycles. The van der Waals surface area contributed by atoms with E-state index in [9.17, 15) is 0 Å². The summed E-state index contributed by atoms with van der Waals surface area (Å²) in [7, 11) is 0. The Labute approximate surface area is 128 Å². The zero-order valence-electron chi connectivity index (χ0n) is 11.6. The lowest BCUT2D eigenvalue weighted by Crippen LogP contribution is -2.05. The van der Waals surface area contributed by atoms with Crippen molar-refractivity contribution in [3.8, 4) is 5.75 Å². The molecule has 1 heterocycles. The van der Waals surface area contributed by atoms with Crippen LogP contribution in [-0.4, -0.2) is 13.2 Å². The predicted octanol–water partition coefficient (Wildman–Crippen LogP) is 4.35. The van der Waals surface area contributed by atoms with E-state index in [1.807, 2.05) is 0 Å². The van der Waals surface area contributed by atoms with Crippen LogP contribution in [0.2, 0.25) is 0 Å². The number of hydrogen-bond acceptors (Lipinski definition) is 2. The topological polar surface area (TPSA) is 21.3 Å². The molecule has 2 nitrogen and oxygen atoms in total.